The van der Waals surface area contributed by atoms with Gasteiger partial charge in [0.1, 0.15) is 16.4 Å². The van der Waals surface area contributed by atoms with Crippen molar-refractivity contribution in [1.82, 2.24) is 10.2 Å². The number of hydrogen-bond acceptors (Lipinski definition) is 5. The van der Waals surface area contributed by atoms with E-state index in [0.29, 0.717) is 16.5 Å². The molecule has 7 nitrogen and oxygen atoms in total. The number of amides is 2. The van der Waals surface area contributed by atoms with Crippen LogP contribution in [0.25, 0.3) is 10.2 Å². The van der Waals surface area contributed by atoms with Crippen molar-refractivity contribution in [2.45, 2.75) is 12.8 Å². The van der Waals surface area contributed by atoms with E-state index in [9.17, 15) is 9.59 Å². The second kappa shape index (κ2) is 9.20. The minimum atomic E-state index is -0.175. The Balaban J connectivity index is 1.40. The maximum absolute atomic E-state index is 12.4. The number of rotatable bonds is 7. The molecule has 4 rings (SSSR count). The van der Waals surface area contributed by atoms with Crippen LogP contribution >= 0.6 is 22.9 Å². The summed E-state index contributed by atoms with van der Waals surface area (Å²) in [6, 6.07) is 16.3. The van der Waals surface area contributed by atoms with E-state index in [1.807, 2.05) is 36.4 Å². The molecule has 0 aliphatic carbocycles. The fourth-order valence-corrected chi connectivity index (χ4v) is 4.24. The number of thiophene rings is 1. The Labute approximate surface area is 187 Å². The van der Waals surface area contributed by atoms with Crippen LogP contribution in [0.1, 0.15) is 10.4 Å². The lowest BCUT2D eigenvalue weighted by atomic mass is 10.1. The third-order valence-electron chi connectivity index (χ3n) is 4.57. The molecule has 0 unspecified atom stereocenters. The lowest BCUT2D eigenvalue weighted by molar-refractivity contribution is -0.116. The fourth-order valence-electron chi connectivity index (χ4n) is 3.07. The highest BCUT2D eigenvalue weighted by atomic mass is 35.5. The molecule has 0 atom stereocenters. The number of H-pyrrole nitrogens is 1. The average Bonchev–Trinajstić information content (AvgIpc) is 3.31. The van der Waals surface area contributed by atoms with Crippen molar-refractivity contribution in [3.05, 3.63) is 70.1 Å². The third-order valence-corrected chi connectivity index (χ3v) is 5.93. The molecule has 0 saturated heterocycles. The number of halogens is 1. The number of carbonyl (C=O) groups is 2. The molecule has 0 saturated carbocycles. The molecule has 2 amide bonds. The number of nitrogens with one attached hydrogen (secondary N) is 3. The SMILES string of the molecule is COc1ccc(CC(=O)Nc2[nH]nc3sc(CC(=O)Nc4ccccc4Cl)cc23)cc1. The summed E-state index contributed by atoms with van der Waals surface area (Å²) in [5, 5.41) is 14.0. The molecule has 4 aromatic rings. The number of anilines is 2. The molecular formula is C22H19ClN4O3S. The predicted molar refractivity (Wildman–Crippen MR) is 123 cm³/mol. The zero-order chi connectivity index (χ0) is 21.8. The van der Waals surface area contributed by atoms with Crippen molar-refractivity contribution in [1.29, 1.82) is 0 Å². The second-order valence-electron chi connectivity index (χ2n) is 6.81. The summed E-state index contributed by atoms with van der Waals surface area (Å²) in [6.45, 7) is 0. The first-order chi connectivity index (χ1) is 15.0. The van der Waals surface area contributed by atoms with E-state index in [0.717, 1.165) is 26.4 Å². The van der Waals surface area contributed by atoms with Gasteiger partial charge in [-0.25, -0.2) is 0 Å². The van der Waals surface area contributed by atoms with Crippen molar-refractivity contribution < 1.29 is 14.3 Å². The van der Waals surface area contributed by atoms with Crippen LogP contribution in [0.15, 0.2) is 54.6 Å². The van der Waals surface area contributed by atoms with Gasteiger partial charge in [0.2, 0.25) is 11.8 Å². The van der Waals surface area contributed by atoms with E-state index < -0.39 is 0 Å². The molecular weight excluding hydrogens is 436 g/mol. The van der Waals surface area contributed by atoms with Crippen LogP contribution in [-0.4, -0.2) is 29.1 Å². The largest absolute Gasteiger partial charge is 0.497 e. The van der Waals surface area contributed by atoms with Crippen molar-refractivity contribution in [3.8, 4) is 5.75 Å². The van der Waals surface area contributed by atoms with Gasteiger partial charge >= 0.3 is 0 Å². The van der Waals surface area contributed by atoms with E-state index >= 15 is 0 Å². The van der Waals surface area contributed by atoms with Gasteiger partial charge in [-0.1, -0.05) is 35.9 Å². The van der Waals surface area contributed by atoms with Crippen LogP contribution in [-0.2, 0) is 22.4 Å². The Kier molecular flexibility index (Phi) is 6.20. The van der Waals surface area contributed by atoms with Crippen molar-refractivity contribution in [3.63, 3.8) is 0 Å². The number of aromatic nitrogens is 2. The number of ether oxygens (including phenoxy) is 1. The smallest absolute Gasteiger partial charge is 0.229 e. The highest BCUT2D eigenvalue weighted by molar-refractivity contribution is 7.18. The lowest BCUT2D eigenvalue weighted by Gasteiger charge is -2.06. The number of carbonyl (C=O) groups excluding carboxylic acids is 2. The molecule has 31 heavy (non-hydrogen) atoms. The molecule has 0 bridgehead atoms. The average molecular weight is 455 g/mol. The Morgan fingerprint density at radius 1 is 1.06 bits per heavy atom. The van der Waals surface area contributed by atoms with Crippen LogP contribution in [0.4, 0.5) is 11.5 Å². The van der Waals surface area contributed by atoms with Gasteiger partial charge in [-0.15, -0.1) is 11.3 Å². The van der Waals surface area contributed by atoms with Gasteiger partial charge in [0.25, 0.3) is 0 Å². The molecule has 0 aliphatic heterocycles. The molecule has 3 N–H and O–H groups in total. The molecule has 0 fully saturated rings. The van der Waals surface area contributed by atoms with E-state index in [1.54, 1.807) is 25.3 Å². The number of methoxy groups -OCH3 is 1. The van der Waals surface area contributed by atoms with Crippen LogP contribution in [0, 0.1) is 0 Å². The molecule has 0 spiro atoms. The molecule has 0 aliphatic rings. The second-order valence-corrected chi connectivity index (χ2v) is 8.33. The lowest BCUT2D eigenvalue weighted by Crippen LogP contribution is -2.15. The standard InChI is InChI=1S/C22H19ClN4O3S/c1-30-14-8-6-13(7-9-14)10-19(28)25-21-16-11-15(31-22(16)27-26-21)12-20(29)24-18-5-3-2-4-17(18)23/h2-9,11H,10,12H2,1H3,(H,24,29)(H2,25,26,27,28). The maximum Gasteiger partial charge on any atom is 0.229 e. The molecule has 2 heterocycles. The predicted octanol–water partition coefficient (Wildman–Crippen LogP) is 4.65. The maximum atomic E-state index is 12.4. The quantitative estimate of drug-likeness (QED) is 0.378. The topological polar surface area (TPSA) is 96.1 Å². The normalized spacial score (nSPS) is 10.8. The molecule has 2 aromatic heterocycles. The van der Waals surface area contributed by atoms with Crippen LogP contribution in [0.2, 0.25) is 5.02 Å². The summed E-state index contributed by atoms with van der Waals surface area (Å²) in [5.41, 5.74) is 1.44. The van der Waals surface area contributed by atoms with E-state index in [4.69, 9.17) is 16.3 Å². The Hall–Kier alpha value is -3.36. The van der Waals surface area contributed by atoms with Gasteiger partial charge in [-0.05, 0) is 35.9 Å². The van der Waals surface area contributed by atoms with Crippen LogP contribution in [0.3, 0.4) is 0 Å². The summed E-state index contributed by atoms with van der Waals surface area (Å²) in [6.07, 6.45) is 0.410. The number of benzene rings is 2. The highest BCUT2D eigenvalue weighted by Crippen LogP contribution is 2.30. The molecule has 9 heteroatoms. The van der Waals surface area contributed by atoms with Gasteiger partial charge in [-0.2, -0.15) is 5.10 Å². The van der Waals surface area contributed by atoms with Gasteiger partial charge in [-0.3, -0.25) is 14.7 Å². The number of aromatic amines is 1. The summed E-state index contributed by atoms with van der Waals surface area (Å²) < 4.78 is 5.13. The van der Waals surface area contributed by atoms with E-state index in [1.165, 1.54) is 11.3 Å². The summed E-state index contributed by atoms with van der Waals surface area (Å²) >= 11 is 7.48. The summed E-state index contributed by atoms with van der Waals surface area (Å²) in [7, 11) is 1.60. The Morgan fingerprint density at radius 2 is 1.81 bits per heavy atom. The summed E-state index contributed by atoms with van der Waals surface area (Å²) in [5.74, 6) is 0.914. The third kappa shape index (κ3) is 5.04. The van der Waals surface area contributed by atoms with Crippen molar-refractivity contribution in [2.24, 2.45) is 0 Å². The fraction of sp³-hybridized carbons (Fsp3) is 0.136. The first-order valence-electron chi connectivity index (χ1n) is 9.46. The number of hydrogen-bond donors (Lipinski definition) is 3. The minimum absolute atomic E-state index is 0.167. The molecule has 2 aromatic carbocycles. The first-order valence-corrected chi connectivity index (χ1v) is 10.6. The van der Waals surface area contributed by atoms with Gasteiger partial charge in [0, 0.05) is 4.88 Å². The molecule has 158 valence electrons. The number of fused-ring (bicyclic) bond motifs is 1. The van der Waals surface area contributed by atoms with Gasteiger partial charge < -0.3 is 15.4 Å². The van der Waals surface area contributed by atoms with Crippen molar-refractivity contribution in [2.75, 3.05) is 17.7 Å². The van der Waals surface area contributed by atoms with E-state index in [-0.39, 0.29) is 24.7 Å². The monoisotopic (exact) mass is 454 g/mol. The zero-order valence-electron chi connectivity index (χ0n) is 16.6. The van der Waals surface area contributed by atoms with Gasteiger partial charge in [0.15, 0.2) is 0 Å². The number of para-hydroxylation sites is 1. The minimum Gasteiger partial charge on any atom is -0.497 e. The van der Waals surface area contributed by atoms with Crippen LogP contribution < -0.4 is 15.4 Å². The van der Waals surface area contributed by atoms with Gasteiger partial charge in [0.05, 0.1) is 36.0 Å². The molecule has 0 radical (unpaired) electrons. The summed E-state index contributed by atoms with van der Waals surface area (Å²) in [4.78, 5) is 26.4. The Morgan fingerprint density at radius 3 is 2.55 bits per heavy atom. The van der Waals surface area contributed by atoms with Crippen molar-refractivity contribution >= 4 is 56.5 Å². The number of nitrogens with zero attached hydrogens (tertiary/aromatic N) is 1. The first kappa shape index (κ1) is 20.9. The zero-order valence-corrected chi connectivity index (χ0v) is 18.1. The highest BCUT2D eigenvalue weighted by Gasteiger charge is 2.15. The Bertz CT molecular complexity index is 1230. The van der Waals surface area contributed by atoms with E-state index in [2.05, 4.69) is 20.8 Å². The van der Waals surface area contributed by atoms with Crippen LogP contribution in [0.5, 0.6) is 5.75 Å².